The number of rotatable bonds is 12. The van der Waals surface area contributed by atoms with Crippen molar-refractivity contribution in [1.29, 1.82) is 0 Å². The predicted octanol–water partition coefficient (Wildman–Crippen LogP) is 4.28. The van der Waals surface area contributed by atoms with Gasteiger partial charge in [0.2, 0.25) is 0 Å². The van der Waals surface area contributed by atoms with Gasteiger partial charge in [0.1, 0.15) is 0 Å². The molecular weight excluding hydrogens is 295 g/mol. The van der Waals surface area contributed by atoms with Crippen LogP contribution in [0.1, 0.15) is 65.2 Å². The Labute approximate surface area is 122 Å². The summed E-state index contributed by atoms with van der Waals surface area (Å²) in [5, 5.41) is 0. The fourth-order valence-corrected chi connectivity index (χ4v) is 2.25. The fourth-order valence-electron chi connectivity index (χ4n) is 1.45. The summed E-state index contributed by atoms with van der Waals surface area (Å²) in [6, 6.07) is 0. The molecule has 0 rings (SSSR count). The second-order valence-electron chi connectivity index (χ2n) is 4.26. The van der Waals surface area contributed by atoms with Crippen LogP contribution in [-0.2, 0) is 30.7 Å². The van der Waals surface area contributed by atoms with E-state index in [0.29, 0.717) is 13.2 Å². The maximum absolute atomic E-state index is 11.4. The van der Waals surface area contributed by atoms with E-state index in [1.54, 1.807) is 0 Å². The Morgan fingerprint density at radius 1 is 0.833 bits per heavy atom. The van der Waals surface area contributed by atoms with Crippen LogP contribution < -0.4 is 0 Å². The first kappa shape index (κ1) is 20.9. The number of hydrogen-bond acceptors (Lipinski definition) is 3. The monoisotopic (exact) mass is 322 g/mol. The topological polar surface area (TPSA) is 55.8 Å². The number of phosphoric acid groups is 1. The van der Waals surface area contributed by atoms with Gasteiger partial charge < -0.3 is 4.89 Å². The molecule has 0 spiro atoms. The van der Waals surface area contributed by atoms with Crippen molar-refractivity contribution in [3.05, 3.63) is 0 Å². The standard InChI is InChI=1S/C12H27O4P.Fe/c1-3-5-7-9-11-15-17(13,14)16-12-10-8-6-4-2;/h3-12H2,1-2H3,(H,13,14);. The second kappa shape index (κ2) is 14.0. The molecule has 0 saturated carbocycles. The molecule has 0 bridgehead atoms. The Morgan fingerprint density at radius 3 is 1.56 bits per heavy atom. The molecule has 0 unspecified atom stereocenters. The van der Waals surface area contributed by atoms with E-state index in [2.05, 4.69) is 13.8 Å². The molecular formula is C12H27FeO4P. The summed E-state index contributed by atoms with van der Waals surface area (Å²) < 4.78 is 21.1. The van der Waals surface area contributed by atoms with Crippen molar-refractivity contribution in [2.45, 2.75) is 65.2 Å². The molecule has 0 heterocycles. The van der Waals surface area contributed by atoms with E-state index in [1.165, 1.54) is 0 Å². The molecule has 6 heteroatoms. The second-order valence-corrected chi connectivity index (χ2v) is 5.71. The van der Waals surface area contributed by atoms with Crippen LogP contribution in [0, 0.1) is 0 Å². The minimum absolute atomic E-state index is 0. The Morgan fingerprint density at radius 2 is 1.22 bits per heavy atom. The SMILES string of the molecule is CCCCCCOP(=O)(O)OCCCCCC.[Fe]. The van der Waals surface area contributed by atoms with Gasteiger partial charge in [-0.3, -0.25) is 9.05 Å². The molecule has 18 heavy (non-hydrogen) atoms. The first-order valence-electron chi connectivity index (χ1n) is 6.74. The maximum atomic E-state index is 11.4. The molecule has 0 radical (unpaired) electrons. The first-order valence-corrected chi connectivity index (χ1v) is 8.23. The average molecular weight is 322 g/mol. The molecule has 0 aliphatic heterocycles. The molecule has 1 N–H and O–H groups in total. The Bertz CT molecular complexity index is 196. The first-order chi connectivity index (χ1) is 8.12. The molecule has 0 aliphatic carbocycles. The van der Waals surface area contributed by atoms with Crippen molar-refractivity contribution >= 4 is 7.82 Å². The summed E-state index contributed by atoms with van der Waals surface area (Å²) in [6.07, 6.45) is 8.26. The van der Waals surface area contributed by atoms with Crippen molar-refractivity contribution in [3.8, 4) is 0 Å². The van der Waals surface area contributed by atoms with Crippen molar-refractivity contribution in [2.24, 2.45) is 0 Å². The Kier molecular flexibility index (Phi) is 16.3. The minimum Gasteiger partial charge on any atom is -0.302 e. The van der Waals surface area contributed by atoms with Crippen LogP contribution in [0.3, 0.4) is 0 Å². The third kappa shape index (κ3) is 14.7. The fraction of sp³-hybridized carbons (Fsp3) is 1.00. The van der Waals surface area contributed by atoms with Gasteiger partial charge in [0, 0.05) is 17.1 Å². The van der Waals surface area contributed by atoms with Crippen molar-refractivity contribution in [3.63, 3.8) is 0 Å². The molecule has 0 atom stereocenters. The van der Waals surface area contributed by atoms with Crippen LogP contribution in [0.15, 0.2) is 0 Å². The van der Waals surface area contributed by atoms with Crippen LogP contribution in [-0.4, -0.2) is 18.1 Å². The zero-order valence-corrected chi connectivity index (χ0v) is 13.5. The van der Waals surface area contributed by atoms with Gasteiger partial charge in [-0.25, -0.2) is 4.57 Å². The normalized spacial score (nSPS) is 11.3. The largest absolute Gasteiger partial charge is 0.472 e. The third-order valence-corrected chi connectivity index (χ3v) is 3.52. The van der Waals surface area contributed by atoms with E-state index < -0.39 is 7.82 Å². The van der Waals surface area contributed by atoms with Gasteiger partial charge in [0.25, 0.3) is 0 Å². The van der Waals surface area contributed by atoms with Gasteiger partial charge in [-0.05, 0) is 12.8 Å². The van der Waals surface area contributed by atoms with Gasteiger partial charge in [-0.2, -0.15) is 0 Å². The predicted molar refractivity (Wildman–Crippen MR) is 70.0 cm³/mol. The zero-order chi connectivity index (χ0) is 13.0. The quantitative estimate of drug-likeness (QED) is 0.331. The molecule has 0 aromatic heterocycles. The van der Waals surface area contributed by atoms with Crippen molar-refractivity contribution in [2.75, 3.05) is 13.2 Å². The van der Waals surface area contributed by atoms with Crippen molar-refractivity contribution in [1.82, 2.24) is 0 Å². The molecule has 112 valence electrons. The van der Waals surface area contributed by atoms with E-state index in [-0.39, 0.29) is 17.1 Å². The number of phosphoric ester groups is 1. The third-order valence-electron chi connectivity index (χ3n) is 2.50. The summed E-state index contributed by atoms with van der Waals surface area (Å²) in [7, 11) is -3.79. The zero-order valence-electron chi connectivity index (χ0n) is 11.5. The van der Waals surface area contributed by atoms with Crippen LogP contribution in [0.2, 0.25) is 0 Å². The smallest absolute Gasteiger partial charge is 0.302 e. The Balaban J connectivity index is 0. The van der Waals surface area contributed by atoms with E-state index in [4.69, 9.17) is 9.05 Å². The molecule has 4 nitrogen and oxygen atoms in total. The summed E-state index contributed by atoms with van der Waals surface area (Å²) in [5.74, 6) is 0. The summed E-state index contributed by atoms with van der Waals surface area (Å²) in [4.78, 5) is 9.34. The molecule has 0 aromatic rings. The van der Waals surface area contributed by atoms with E-state index >= 15 is 0 Å². The van der Waals surface area contributed by atoms with Gasteiger partial charge in [0.15, 0.2) is 0 Å². The molecule has 0 aromatic carbocycles. The van der Waals surface area contributed by atoms with Crippen LogP contribution in [0.25, 0.3) is 0 Å². The van der Waals surface area contributed by atoms with E-state index in [1.807, 2.05) is 0 Å². The molecule has 0 fully saturated rings. The summed E-state index contributed by atoms with van der Waals surface area (Å²) in [6.45, 7) is 4.86. The van der Waals surface area contributed by atoms with Crippen molar-refractivity contribution < 1.29 is 35.6 Å². The van der Waals surface area contributed by atoms with Gasteiger partial charge in [0.05, 0.1) is 13.2 Å². The molecule has 0 aliphatic rings. The molecule has 0 amide bonds. The maximum Gasteiger partial charge on any atom is 0.472 e. The average Bonchev–Trinajstić information content (AvgIpc) is 2.28. The van der Waals surface area contributed by atoms with E-state index in [0.717, 1.165) is 51.4 Å². The van der Waals surface area contributed by atoms with Crippen LogP contribution >= 0.6 is 7.82 Å². The van der Waals surface area contributed by atoms with E-state index in [9.17, 15) is 9.46 Å². The Hall–Kier alpha value is 0.629. The minimum atomic E-state index is -3.79. The summed E-state index contributed by atoms with van der Waals surface area (Å²) in [5.41, 5.74) is 0. The number of hydrogen-bond donors (Lipinski definition) is 1. The van der Waals surface area contributed by atoms with Gasteiger partial charge in [-0.15, -0.1) is 0 Å². The van der Waals surface area contributed by atoms with Gasteiger partial charge in [-0.1, -0.05) is 52.4 Å². The van der Waals surface area contributed by atoms with Gasteiger partial charge >= 0.3 is 7.82 Å². The molecule has 0 saturated heterocycles. The van der Waals surface area contributed by atoms with Crippen LogP contribution in [0.5, 0.6) is 0 Å². The summed E-state index contributed by atoms with van der Waals surface area (Å²) >= 11 is 0. The number of unbranched alkanes of at least 4 members (excludes halogenated alkanes) is 6. The van der Waals surface area contributed by atoms with Crippen LogP contribution in [0.4, 0.5) is 0 Å².